The lowest BCUT2D eigenvalue weighted by molar-refractivity contribution is 1.53. The first kappa shape index (κ1) is 16.1. The van der Waals surface area contributed by atoms with Gasteiger partial charge in [0.2, 0.25) is 0 Å². The summed E-state index contributed by atoms with van der Waals surface area (Å²) in [5, 5.41) is 5.12. The van der Waals surface area contributed by atoms with E-state index in [1.54, 1.807) is 0 Å². The predicted molar refractivity (Wildman–Crippen MR) is 124 cm³/mol. The van der Waals surface area contributed by atoms with E-state index >= 15 is 0 Å². The molecule has 1 N–H and O–H groups in total. The molecule has 1 heteroatoms. The van der Waals surface area contributed by atoms with Crippen molar-refractivity contribution in [2.45, 2.75) is 0 Å². The SMILES string of the molecule is c1ccc2c(-c3ccc(-c4cccc5c4[nH]c4ccccc45)cc3)cccc2c1. The number of para-hydroxylation sites is 2. The third kappa shape index (κ3) is 2.55. The number of H-pyrrole nitrogens is 1. The average molecular weight is 369 g/mol. The van der Waals surface area contributed by atoms with Gasteiger partial charge in [0.15, 0.2) is 0 Å². The molecule has 0 saturated heterocycles. The van der Waals surface area contributed by atoms with Crippen LogP contribution in [-0.4, -0.2) is 4.98 Å². The number of aromatic amines is 1. The van der Waals surface area contributed by atoms with Crippen LogP contribution in [0.3, 0.4) is 0 Å². The molecule has 0 amide bonds. The molecule has 0 atom stereocenters. The number of fused-ring (bicyclic) bond motifs is 4. The third-order valence-electron chi connectivity index (χ3n) is 5.84. The summed E-state index contributed by atoms with van der Waals surface area (Å²) in [5.41, 5.74) is 7.37. The van der Waals surface area contributed by atoms with E-state index in [1.807, 2.05) is 0 Å². The molecule has 0 spiro atoms. The number of hydrogen-bond acceptors (Lipinski definition) is 0. The summed E-state index contributed by atoms with van der Waals surface area (Å²) in [6, 6.07) is 39.1. The van der Waals surface area contributed by atoms with Crippen LogP contribution >= 0.6 is 0 Å². The van der Waals surface area contributed by atoms with Crippen LogP contribution in [0.1, 0.15) is 0 Å². The van der Waals surface area contributed by atoms with Crippen LogP contribution in [0, 0.1) is 0 Å². The van der Waals surface area contributed by atoms with Crippen LogP contribution in [0.2, 0.25) is 0 Å². The van der Waals surface area contributed by atoms with Crippen LogP contribution in [-0.2, 0) is 0 Å². The van der Waals surface area contributed by atoms with Crippen molar-refractivity contribution in [2.24, 2.45) is 0 Å². The Morgan fingerprint density at radius 1 is 0.414 bits per heavy atom. The Balaban J connectivity index is 1.50. The average Bonchev–Trinajstić information content (AvgIpc) is 3.18. The lowest BCUT2D eigenvalue weighted by atomic mass is 9.95. The minimum atomic E-state index is 1.18. The van der Waals surface area contributed by atoms with E-state index in [2.05, 4.69) is 114 Å². The van der Waals surface area contributed by atoms with Crippen LogP contribution in [0.15, 0.2) is 109 Å². The van der Waals surface area contributed by atoms with Crippen molar-refractivity contribution in [2.75, 3.05) is 0 Å². The van der Waals surface area contributed by atoms with Gasteiger partial charge < -0.3 is 4.98 Å². The van der Waals surface area contributed by atoms with E-state index in [1.165, 1.54) is 54.8 Å². The van der Waals surface area contributed by atoms with Gasteiger partial charge in [-0.05, 0) is 33.5 Å². The van der Waals surface area contributed by atoms with Gasteiger partial charge >= 0.3 is 0 Å². The van der Waals surface area contributed by atoms with Crippen LogP contribution in [0.25, 0.3) is 54.8 Å². The van der Waals surface area contributed by atoms with E-state index in [9.17, 15) is 0 Å². The Kier molecular flexibility index (Phi) is 3.54. The lowest BCUT2D eigenvalue weighted by Crippen LogP contribution is -1.84. The van der Waals surface area contributed by atoms with E-state index < -0.39 is 0 Å². The largest absolute Gasteiger partial charge is 0.354 e. The molecule has 0 aliphatic carbocycles. The zero-order valence-electron chi connectivity index (χ0n) is 15.9. The molecule has 0 radical (unpaired) electrons. The zero-order chi connectivity index (χ0) is 19.2. The molecular formula is C28H19N. The maximum Gasteiger partial charge on any atom is 0.0544 e. The van der Waals surface area contributed by atoms with Crippen LogP contribution in [0.5, 0.6) is 0 Å². The molecule has 1 heterocycles. The highest BCUT2D eigenvalue weighted by molar-refractivity contribution is 6.11. The van der Waals surface area contributed by atoms with Gasteiger partial charge in [-0.3, -0.25) is 0 Å². The number of hydrogen-bond donors (Lipinski definition) is 1. The van der Waals surface area contributed by atoms with E-state index in [0.717, 1.165) is 0 Å². The van der Waals surface area contributed by atoms with Gasteiger partial charge in [-0.1, -0.05) is 103 Å². The van der Waals surface area contributed by atoms with Crippen molar-refractivity contribution in [1.82, 2.24) is 4.98 Å². The standard InChI is InChI=1S/C28H19N/c1-2-9-22-19(7-1)8-5-11-23(22)20-15-17-21(18-16-20)24-12-6-13-26-25-10-3-4-14-27(25)29-28(24)26/h1-18,29H. The first-order valence-corrected chi connectivity index (χ1v) is 9.96. The minimum absolute atomic E-state index is 1.18. The van der Waals surface area contributed by atoms with Crippen molar-refractivity contribution in [1.29, 1.82) is 0 Å². The summed E-state index contributed by atoms with van der Waals surface area (Å²) in [4.78, 5) is 3.62. The summed E-state index contributed by atoms with van der Waals surface area (Å²) < 4.78 is 0. The molecule has 1 nitrogen and oxygen atoms in total. The third-order valence-corrected chi connectivity index (χ3v) is 5.84. The highest BCUT2D eigenvalue weighted by Crippen LogP contribution is 2.35. The fourth-order valence-corrected chi connectivity index (χ4v) is 4.42. The Bertz CT molecular complexity index is 1480. The van der Waals surface area contributed by atoms with Crippen molar-refractivity contribution in [3.8, 4) is 22.3 Å². The summed E-state index contributed by atoms with van der Waals surface area (Å²) in [5.74, 6) is 0. The number of nitrogens with one attached hydrogen (secondary N) is 1. The molecule has 0 fully saturated rings. The fourth-order valence-electron chi connectivity index (χ4n) is 4.42. The molecule has 29 heavy (non-hydrogen) atoms. The van der Waals surface area contributed by atoms with Gasteiger partial charge in [-0.2, -0.15) is 0 Å². The molecular weight excluding hydrogens is 350 g/mol. The molecule has 6 aromatic rings. The highest BCUT2D eigenvalue weighted by Gasteiger charge is 2.10. The summed E-state index contributed by atoms with van der Waals surface area (Å²) in [6.07, 6.45) is 0. The van der Waals surface area contributed by atoms with Crippen LogP contribution in [0.4, 0.5) is 0 Å². The van der Waals surface area contributed by atoms with Gasteiger partial charge in [0.05, 0.1) is 5.52 Å². The molecule has 6 rings (SSSR count). The lowest BCUT2D eigenvalue weighted by Gasteiger charge is -2.09. The zero-order valence-corrected chi connectivity index (χ0v) is 15.9. The number of aromatic nitrogens is 1. The Morgan fingerprint density at radius 2 is 1.00 bits per heavy atom. The molecule has 0 bridgehead atoms. The maximum absolute atomic E-state index is 3.62. The van der Waals surface area contributed by atoms with Gasteiger partial charge in [0.1, 0.15) is 0 Å². The molecule has 0 saturated carbocycles. The highest BCUT2D eigenvalue weighted by atomic mass is 14.7. The topological polar surface area (TPSA) is 15.8 Å². The second-order valence-corrected chi connectivity index (χ2v) is 7.50. The molecule has 0 aliphatic heterocycles. The van der Waals surface area contributed by atoms with Crippen molar-refractivity contribution in [3.05, 3.63) is 109 Å². The summed E-state index contributed by atoms with van der Waals surface area (Å²) >= 11 is 0. The quantitative estimate of drug-likeness (QED) is 0.320. The monoisotopic (exact) mass is 369 g/mol. The number of benzene rings is 5. The first-order chi connectivity index (χ1) is 14.4. The van der Waals surface area contributed by atoms with Crippen molar-refractivity contribution < 1.29 is 0 Å². The summed E-state index contributed by atoms with van der Waals surface area (Å²) in [7, 11) is 0. The van der Waals surface area contributed by atoms with Gasteiger partial charge in [-0.15, -0.1) is 0 Å². The maximum atomic E-state index is 3.62. The van der Waals surface area contributed by atoms with Gasteiger partial charge in [0.25, 0.3) is 0 Å². The molecule has 5 aromatic carbocycles. The fraction of sp³-hybridized carbons (Fsp3) is 0. The number of rotatable bonds is 2. The van der Waals surface area contributed by atoms with E-state index in [0.29, 0.717) is 0 Å². The van der Waals surface area contributed by atoms with Crippen molar-refractivity contribution in [3.63, 3.8) is 0 Å². The first-order valence-electron chi connectivity index (χ1n) is 9.96. The molecule has 136 valence electrons. The van der Waals surface area contributed by atoms with E-state index in [-0.39, 0.29) is 0 Å². The minimum Gasteiger partial charge on any atom is -0.354 e. The Labute approximate surface area is 169 Å². The van der Waals surface area contributed by atoms with Crippen LogP contribution < -0.4 is 0 Å². The van der Waals surface area contributed by atoms with Gasteiger partial charge in [0, 0.05) is 21.9 Å². The Morgan fingerprint density at radius 3 is 1.86 bits per heavy atom. The van der Waals surface area contributed by atoms with Gasteiger partial charge in [-0.25, -0.2) is 0 Å². The van der Waals surface area contributed by atoms with E-state index in [4.69, 9.17) is 0 Å². The second kappa shape index (κ2) is 6.35. The smallest absolute Gasteiger partial charge is 0.0544 e. The normalized spacial score (nSPS) is 11.4. The Hall–Kier alpha value is -3.84. The summed E-state index contributed by atoms with van der Waals surface area (Å²) in [6.45, 7) is 0. The van der Waals surface area contributed by atoms with Crippen molar-refractivity contribution >= 4 is 32.6 Å². The second-order valence-electron chi connectivity index (χ2n) is 7.50. The molecule has 0 unspecified atom stereocenters. The molecule has 0 aliphatic rings. The molecule has 1 aromatic heterocycles. The predicted octanol–water partition coefficient (Wildman–Crippen LogP) is 7.81.